The number of nitrogens with two attached hydrogens (primary N) is 1. The van der Waals surface area contributed by atoms with Crippen molar-refractivity contribution < 1.29 is 0 Å². The number of aryl methyl sites for hydroxylation is 1. The summed E-state index contributed by atoms with van der Waals surface area (Å²) >= 11 is 0. The van der Waals surface area contributed by atoms with E-state index in [0.29, 0.717) is 0 Å². The van der Waals surface area contributed by atoms with Gasteiger partial charge in [-0.3, -0.25) is 0 Å². The predicted octanol–water partition coefficient (Wildman–Crippen LogP) is 3.79. The standard InChI is InChI=1S/C16H14N2/c1-11-7-9-15-13(16(11)17)8-10-14(18-15)12-5-3-2-4-6-12/h2-10H,17H2,1H3. The Bertz CT molecular complexity index is 703. The van der Waals surface area contributed by atoms with Gasteiger partial charge in [0.15, 0.2) is 0 Å². The number of fused-ring (bicyclic) bond motifs is 1. The lowest BCUT2D eigenvalue weighted by Crippen LogP contribution is -1.93. The maximum absolute atomic E-state index is 6.07. The molecule has 0 bridgehead atoms. The quantitative estimate of drug-likeness (QED) is 0.650. The molecule has 1 aromatic heterocycles. The van der Waals surface area contributed by atoms with Crippen molar-refractivity contribution in [1.29, 1.82) is 0 Å². The molecule has 0 aliphatic rings. The summed E-state index contributed by atoms with van der Waals surface area (Å²) in [6, 6.07) is 18.3. The lowest BCUT2D eigenvalue weighted by molar-refractivity contribution is 1.38. The van der Waals surface area contributed by atoms with Gasteiger partial charge < -0.3 is 5.73 Å². The van der Waals surface area contributed by atoms with Crippen LogP contribution in [-0.2, 0) is 0 Å². The number of benzene rings is 2. The number of hydrogen-bond acceptors (Lipinski definition) is 2. The topological polar surface area (TPSA) is 38.9 Å². The maximum Gasteiger partial charge on any atom is 0.0730 e. The van der Waals surface area contributed by atoms with Gasteiger partial charge in [0, 0.05) is 16.6 Å². The molecule has 0 fully saturated rings. The highest BCUT2D eigenvalue weighted by Gasteiger charge is 2.04. The van der Waals surface area contributed by atoms with Crippen molar-refractivity contribution in [3.63, 3.8) is 0 Å². The number of hydrogen-bond donors (Lipinski definition) is 1. The first-order chi connectivity index (χ1) is 8.75. The van der Waals surface area contributed by atoms with E-state index >= 15 is 0 Å². The largest absolute Gasteiger partial charge is 0.398 e. The lowest BCUT2D eigenvalue weighted by Gasteiger charge is -2.07. The first-order valence-electron chi connectivity index (χ1n) is 5.97. The molecular formula is C16H14N2. The van der Waals surface area contributed by atoms with E-state index in [4.69, 9.17) is 5.73 Å². The van der Waals surface area contributed by atoms with Crippen molar-refractivity contribution >= 4 is 16.6 Å². The molecule has 3 aromatic rings. The summed E-state index contributed by atoms with van der Waals surface area (Å²) in [5.74, 6) is 0. The van der Waals surface area contributed by atoms with Crippen molar-refractivity contribution in [2.45, 2.75) is 6.92 Å². The molecule has 88 valence electrons. The molecule has 0 aliphatic heterocycles. The lowest BCUT2D eigenvalue weighted by atomic mass is 10.1. The third-order valence-electron chi connectivity index (χ3n) is 3.20. The van der Waals surface area contributed by atoms with Crippen LogP contribution in [0.5, 0.6) is 0 Å². The predicted molar refractivity (Wildman–Crippen MR) is 76.3 cm³/mol. The number of anilines is 1. The highest BCUT2D eigenvalue weighted by atomic mass is 14.7. The van der Waals surface area contributed by atoms with Crippen LogP contribution in [0, 0.1) is 6.92 Å². The Balaban J connectivity index is 2.21. The van der Waals surface area contributed by atoms with Crippen LogP contribution in [0.25, 0.3) is 22.2 Å². The van der Waals surface area contributed by atoms with Gasteiger partial charge in [-0.15, -0.1) is 0 Å². The van der Waals surface area contributed by atoms with Crippen LogP contribution in [0.15, 0.2) is 54.6 Å². The highest BCUT2D eigenvalue weighted by molar-refractivity contribution is 5.93. The summed E-state index contributed by atoms with van der Waals surface area (Å²) in [6.45, 7) is 2.01. The maximum atomic E-state index is 6.07. The monoisotopic (exact) mass is 234 g/mol. The van der Waals surface area contributed by atoms with E-state index in [-0.39, 0.29) is 0 Å². The summed E-state index contributed by atoms with van der Waals surface area (Å²) in [7, 11) is 0. The molecule has 0 atom stereocenters. The zero-order valence-electron chi connectivity index (χ0n) is 10.2. The second-order valence-electron chi connectivity index (χ2n) is 4.43. The average Bonchev–Trinajstić information content (AvgIpc) is 2.44. The van der Waals surface area contributed by atoms with E-state index in [1.54, 1.807) is 0 Å². The molecule has 2 N–H and O–H groups in total. The van der Waals surface area contributed by atoms with E-state index in [9.17, 15) is 0 Å². The number of nitrogen functional groups attached to an aromatic ring is 1. The fraction of sp³-hybridized carbons (Fsp3) is 0.0625. The van der Waals surface area contributed by atoms with E-state index in [1.807, 2.05) is 49.4 Å². The average molecular weight is 234 g/mol. The molecule has 0 spiro atoms. The van der Waals surface area contributed by atoms with Crippen LogP contribution in [0.3, 0.4) is 0 Å². The van der Waals surface area contributed by atoms with Crippen LogP contribution in [0.4, 0.5) is 5.69 Å². The van der Waals surface area contributed by atoms with Crippen LogP contribution in [0.2, 0.25) is 0 Å². The number of nitrogens with zero attached hydrogens (tertiary/aromatic N) is 1. The van der Waals surface area contributed by atoms with Crippen LogP contribution in [0.1, 0.15) is 5.56 Å². The van der Waals surface area contributed by atoms with Gasteiger partial charge in [0.1, 0.15) is 0 Å². The fourth-order valence-corrected chi connectivity index (χ4v) is 2.11. The summed E-state index contributed by atoms with van der Waals surface area (Å²) < 4.78 is 0. The molecule has 0 saturated carbocycles. The molecule has 0 aliphatic carbocycles. The zero-order chi connectivity index (χ0) is 12.5. The summed E-state index contributed by atoms with van der Waals surface area (Å²) in [4.78, 5) is 4.67. The van der Waals surface area contributed by atoms with Crippen LogP contribution in [-0.4, -0.2) is 4.98 Å². The fourth-order valence-electron chi connectivity index (χ4n) is 2.11. The molecule has 0 unspecified atom stereocenters. The second kappa shape index (κ2) is 4.15. The van der Waals surface area contributed by atoms with Crippen LogP contribution >= 0.6 is 0 Å². The van der Waals surface area contributed by atoms with Crippen molar-refractivity contribution in [2.24, 2.45) is 0 Å². The van der Waals surface area contributed by atoms with Gasteiger partial charge in [-0.25, -0.2) is 4.98 Å². The van der Waals surface area contributed by atoms with E-state index < -0.39 is 0 Å². The Labute approximate surface area is 106 Å². The Morgan fingerprint density at radius 1 is 0.889 bits per heavy atom. The van der Waals surface area contributed by atoms with E-state index in [0.717, 1.165) is 33.4 Å². The second-order valence-corrected chi connectivity index (χ2v) is 4.43. The smallest absolute Gasteiger partial charge is 0.0730 e. The molecule has 2 nitrogen and oxygen atoms in total. The van der Waals surface area contributed by atoms with Crippen LogP contribution < -0.4 is 5.73 Å². The van der Waals surface area contributed by atoms with Crippen molar-refractivity contribution in [3.05, 3.63) is 60.2 Å². The van der Waals surface area contributed by atoms with Gasteiger partial charge in [0.05, 0.1) is 11.2 Å². The summed E-state index contributed by atoms with van der Waals surface area (Å²) in [5.41, 5.74) is 11.0. The minimum atomic E-state index is 0.819. The molecule has 0 saturated heterocycles. The molecule has 2 heteroatoms. The number of aromatic nitrogens is 1. The normalized spacial score (nSPS) is 10.7. The molecule has 1 heterocycles. The van der Waals surface area contributed by atoms with Gasteiger partial charge in [-0.1, -0.05) is 36.4 Å². The molecule has 2 aromatic carbocycles. The Morgan fingerprint density at radius 2 is 1.67 bits per heavy atom. The van der Waals surface area contributed by atoms with E-state index in [1.165, 1.54) is 0 Å². The third kappa shape index (κ3) is 1.72. The van der Waals surface area contributed by atoms with Gasteiger partial charge >= 0.3 is 0 Å². The first-order valence-corrected chi connectivity index (χ1v) is 5.97. The van der Waals surface area contributed by atoms with Gasteiger partial charge in [-0.05, 0) is 30.7 Å². The Morgan fingerprint density at radius 3 is 2.44 bits per heavy atom. The molecular weight excluding hydrogens is 220 g/mol. The molecule has 3 rings (SSSR count). The Hall–Kier alpha value is -2.35. The SMILES string of the molecule is Cc1ccc2nc(-c3ccccc3)ccc2c1N. The van der Waals surface area contributed by atoms with Crippen molar-refractivity contribution in [1.82, 2.24) is 4.98 Å². The van der Waals surface area contributed by atoms with Gasteiger partial charge in [0.2, 0.25) is 0 Å². The molecule has 0 radical (unpaired) electrons. The van der Waals surface area contributed by atoms with Gasteiger partial charge in [0.25, 0.3) is 0 Å². The number of rotatable bonds is 1. The minimum absolute atomic E-state index is 0.819. The van der Waals surface area contributed by atoms with Crippen molar-refractivity contribution in [2.75, 3.05) is 5.73 Å². The highest BCUT2D eigenvalue weighted by Crippen LogP contribution is 2.26. The molecule has 0 amide bonds. The third-order valence-corrected chi connectivity index (χ3v) is 3.20. The first kappa shape index (κ1) is 10.8. The minimum Gasteiger partial charge on any atom is -0.398 e. The Kier molecular flexibility index (Phi) is 2.49. The molecule has 18 heavy (non-hydrogen) atoms. The van der Waals surface area contributed by atoms with E-state index in [2.05, 4.69) is 17.1 Å². The summed E-state index contributed by atoms with van der Waals surface area (Å²) in [5, 5.41) is 1.02. The van der Waals surface area contributed by atoms with Gasteiger partial charge in [-0.2, -0.15) is 0 Å². The number of pyridine rings is 1. The zero-order valence-corrected chi connectivity index (χ0v) is 10.2. The van der Waals surface area contributed by atoms with Crippen molar-refractivity contribution in [3.8, 4) is 11.3 Å². The summed E-state index contributed by atoms with van der Waals surface area (Å²) in [6.07, 6.45) is 0.